The molecule has 0 aromatic heterocycles. The van der Waals surface area contributed by atoms with Gasteiger partial charge in [0.25, 0.3) is 0 Å². The van der Waals surface area contributed by atoms with Crippen molar-refractivity contribution in [1.82, 2.24) is 0 Å². The van der Waals surface area contributed by atoms with Gasteiger partial charge in [0.15, 0.2) is 12.0 Å². The molecule has 0 unspecified atom stereocenters. The van der Waals surface area contributed by atoms with Gasteiger partial charge in [-0.15, -0.1) is 0 Å². The van der Waals surface area contributed by atoms with Crippen LogP contribution < -0.4 is 0 Å². The molecule has 2 saturated carbocycles. The van der Waals surface area contributed by atoms with Crippen LogP contribution >= 0.6 is 15.9 Å². The van der Waals surface area contributed by atoms with Crippen LogP contribution in [0.3, 0.4) is 0 Å². The molecule has 2 rings (SSSR count). The maximum Gasteiger partial charge on any atom is 0.180 e. The third kappa shape index (κ3) is 1.05. The van der Waals surface area contributed by atoms with Gasteiger partial charge < -0.3 is 0 Å². The predicted molar refractivity (Wildman–Crippen MR) is 43.4 cm³/mol. The van der Waals surface area contributed by atoms with Gasteiger partial charge in [-0.1, -0.05) is 15.9 Å². The second-order valence-corrected chi connectivity index (χ2v) is 4.53. The first-order valence-electron chi connectivity index (χ1n) is 4.02. The standard InChI is InChI=1S/C8H10BrFO/c9-6-4-1-2-5(3-4)7(10)8(6)11/h4-7H,1-3H2/t4-,5+,6+,7+/m1/s1. The van der Waals surface area contributed by atoms with Crippen LogP contribution in [0.4, 0.5) is 4.39 Å². The van der Waals surface area contributed by atoms with Crippen molar-refractivity contribution in [1.29, 1.82) is 0 Å². The first-order valence-corrected chi connectivity index (χ1v) is 4.93. The van der Waals surface area contributed by atoms with E-state index in [9.17, 15) is 9.18 Å². The van der Waals surface area contributed by atoms with Gasteiger partial charge in [-0.2, -0.15) is 0 Å². The van der Waals surface area contributed by atoms with E-state index in [1.54, 1.807) is 0 Å². The van der Waals surface area contributed by atoms with Crippen molar-refractivity contribution < 1.29 is 9.18 Å². The molecule has 2 bridgehead atoms. The second kappa shape index (κ2) is 2.54. The zero-order valence-electron chi connectivity index (χ0n) is 6.09. The van der Waals surface area contributed by atoms with E-state index in [4.69, 9.17) is 0 Å². The van der Waals surface area contributed by atoms with Gasteiger partial charge in [-0.05, 0) is 31.1 Å². The number of carbonyl (C=O) groups excluding carboxylic acids is 1. The molecule has 4 atom stereocenters. The third-order valence-electron chi connectivity index (χ3n) is 2.89. The highest BCUT2D eigenvalue weighted by molar-refractivity contribution is 9.10. The number of halogens is 2. The Hall–Kier alpha value is 0.0800. The molecule has 0 aliphatic heterocycles. The summed E-state index contributed by atoms with van der Waals surface area (Å²) in [5.74, 6) is 0.240. The van der Waals surface area contributed by atoms with Crippen LogP contribution in [0.5, 0.6) is 0 Å². The Morgan fingerprint density at radius 1 is 1.36 bits per heavy atom. The minimum atomic E-state index is -1.18. The first kappa shape index (κ1) is 7.71. The van der Waals surface area contributed by atoms with Crippen LogP contribution in [-0.2, 0) is 4.79 Å². The fourth-order valence-electron chi connectivity index (χ4n) is 2.20. The Balaban J connectivity index is 2.23. The lowest BCUT2D eigenvalue weighted by atomic mass is 9.87. The number of fused-ring (bicyclic) bond motifs is 2. The number of alkyl halides is 2. The summed E-state index contributed by atoms with van der Waals surface area (Å²) in [6.45, 7) is 0. The minimum absolute atomic E-state index is 0.0429. The van der Waals surface area contributed by atoms with E-state index in [0.29, 0.717) is 5.92 Å². The van der Waals surface area contributed by atoms with Gasteiger partial charge in [0.1, 0.15) is 0 Å². The van der Waals surface area contributed by atoms with E-state index in [1.807, 2.05) is 0 Å². The number of ketones is 1. The highest BCUT2D eigenvalue weighted by Gasteiger charge is 2.46. The lowest BCUT2D eigenvalue weighted by Crippen LogP contribution is -2.38. The molecule has 11 heavy (non-hydrogen) atoms. The van der Waals surface area contributed by atoms with E-state index in [-0.39, 0.29) is 16.5 Å². The number of carbonyl (C=O) groups is 1. The van der Waals surface area contributed by atoms with Crippen molar-refractivity contribution in [3.8, 4) is 0 Å². The Labute approximate surface area is 73.5 Å². The molecule has 0 spiro atoms. The lowest BCUT2D eigenvalue weighted by molar-refractivity contribution is -0.127. The van der Waals surface area contributed by atoms with Gasteiger partial charge in [0.2, 0.25) is 0 Å². The molecule has 1 nitrogen and oxygen atoms in total. The SMILES string of the molecule is O=C1[C@@H](F)[C@H]2CC[C@H](C2)[C@@H]1Br. The van der Waals surface area contributed by atoms with Crippen molar-refractivity contribution >= 4 is 21.7 Å². The Bertz CT molecular complexity index is 177. The summed E-state index contributed by atoms with van der Waals surface area (Å²) in [7, 11) is 0. The molecule has 0 saturated heterocycles. The zero-order chi connectivity index (χ0) is 8.01. The summed E-state index contributed by atoms with van der Waals surface area (Å²) < 4.78 is 13.1. The molecule has 62 valence electrons. The van der Waals surface area contributed by atoms with Crippen LogP contribution in [0.25, 0.3) is 0 Å². The predicted octanol–water partition coefficient (Wildman–Crippen LogP) is 2.09. The van der Waals surface area contributed by atoms with E-state index >= 15 is 0 Å². The van der Waals surface area contributed by atoms with Crippen molar-refractivity contribution in [2.24, 2.45) is 11.8 Å². The summed E-state index contributed by atoms with van der Waals surface area (Å²) in [4.78, 5) is 11.0. The molecular weight excluding hydrogens is 211 g/mol. The van der Waals surface area contributed by atoms with Gasteiger partial charge >= 0.3 is 0 Å². The molecule has 3 heteroatoms. The first-order chi connectivity index (χ1) is 5.20. The van der Waals surface area contributed by atoms with E-state index in [1.165, 1.54) is 0 Å². The monoisotopic (exact) mass is 220 g/mol. The van der Waals surface area contributed by atoms with Crippen molar-refractivity contribution in [3.63, 3.8) is 0 Å². The molecule has 2 fully saturated rings. The minimum Gasteiger partial charge on any atom is -0.295 e. The van der Waals surface area contributed by atoms with Crippen LogP contribution in [0, 0.1) is 11.8 Å². The van der Waals surface area contributed by atoms with Gasteiger partial charge in [0.05, 0.1) is 4.83 Å². The quantitative estimate of drug-likeness (QED) is 0.572. The average Bonchev–Trinajstić information content (AvgIpc) is 2.44. The van der Waals surface area contributed by atoms with Crippen molar-refractivity contribution in [3.05, 3.63) is 0 Å². The summed E-state index contributed by atoms with van der Waals surface area (Å²) in [5, 5.41) is 0. The maximum absolute atomic E-state index is 13.1. The normalized spacial score (nSPS) is 49.8. The molecule has 2 aliphatic rings. The smallest absolute Gasteiger partial charge is 0.180 e. The van der Waals surface area contributed by atoms with Crippen LogP contribution in [0.2, 0.25) is 0 Å². The fourth-order valence-corrected chi connectivity index (χ4v) is 2.93. The topological polar surface area (TPSA) is 17.1 Å². The fraction of sp³-hybridized carbons (Fsp3) is 0.875. The highest BCUT2D eigenvalue weighted by Crippen LogP contribution is 2.44. The average molecular weight is 221 g/mol. The summed E-state index contributed by atoms with van der Waals surface area (Å²) in [6.07, 6.45) is 1.65. The summed E-state index contributed by atoms with van der Waals surface area (Å²) in [5.41, 5.74) is 0. The number of hydrogen-bond donors (Lipinski definition) is 0. The van der Waals surface area contributed by atoms with E-state index < -0.39 is 6.17 Å². The van der Waals surface area contributed by atoms with E-state index in [2.05, 4.69) is 15.9 Å². The zero-order valence-corrected chi connectivity index (χ0v) is 7.68. The Morgan fingerprint density at radius 3 is 2.73 bits per heavy atom. The van der Waals surface area contributed by atoms with Crippen molar-refractivity contribution in [2.45, 2.75) is 30.3 Å². The maximum atomic E-state index is 13.1. The summed E-state index contributed by atoms with van der Waals surface area (Å²) in [6, 6.07) is 0. The van der Waals surface area contributed by atoms with Crippen LogP contribution in [-0.4, -0.2) is 16.8 Å². The van der Waals surface area contributed by atoms with Crippen LogP contribution in [0.1, 0.15) is 19.3 Å². The number of hydrogen-bond acceptors (Lipinski definition) is 1. The highest BCUT2D eigenvalue weighted by atomic mass is 79.9. The van der Waals surface area contributed by atoms with E-state index in [0.717, 1.165) is 19.3 Å². The molecule has 0 heterocycles. The number of Topliss-reactive ketones (excluding diaryl/α,β-unsaturated/α-hetero) is 1. The van der Waals surface area contributed by atoms with Crippen molar-refractivity contribution in [2.75, 3.05) is 0 Å². The third-order valence-corrected chi connectivity index (χ3v) is 4.08. The number of rotatable bonds is 0. The summed E-state index contributed by atoms with van der Waals surface area (Å²) >= 11 is 3.26. The van der Waals surface area contributed by atoms with Gasteiger partial charge in [-0.25, -0.2) is 4.39 Å². The van der Waals surface area contributed by atoms with Gasteiger partial charge in [0, 0.05) is 0 Å². The molecule has 0 N–H and O–H groups in total. The molecule has 0 radical (unpaired) electrons. The molecular formula is C8H10BrFO. The molecule has 0 aromatic carbocycles. The largest absolute Gasteiger partial charge is 0.295 e. The lowest BCUT2D eigenvalue weighted by Gasteiger charge is -2.25. The van der Waals surface area contributed by atoms with Crippen LogP contribution in [0.15, 0.2) is 0 Å². The molecule has 0 amide bonds. The van der Waals surface area contributed by atoms with Gasteiger partial charge in [-0.3, -0.25) is 4.79 Å². The Kier molecular flexibility index (Phi) is 1.78. The Morgan fingerprint density at radius 2 is 2.00 bits per heavy atom. The molecule has 2 aliphatic carbocycles. The molecule has 0 aromatic rings. The second-order valence-electron chi connectivity index (χ2n) is 3.54.